The number of nitrogens with zero attached hydrogens (tertiary/aromatic N) is 1. The first-order chi connectivity index (χ1) is 9.86. The quantitative estimate of drug-likeness (QED) is 0.677. The molecular weight excluding hydrogens is 279 g/mol. The van der Waals surface area contributed by atoms with E-state index < -0.39 is 11.7 Å². The smallest absolute Gasteiger partial charge is 0.374 e. The molecule has 0 aromatic heterocycles. The largest absolute Gasteiger partial charge is 0.412 e. The highest BCUT2D eigenvalue weighted by atomic mass is 19.4. The van der Waals surface area contributed by atoms with Crippen LogP contribution in [0, 0.1) is 0 Å². The Morgan fingerprint density at radius 3 is 2.29 bits per heavy atom. The molecule has 1 saturated heterocycles. The summed E-state index contributed by atoms with van der Waals surface area (Å²) in [6.45, 7) is 8.74. The summed E-state index contributed by atoms with van der Waals surface area (Å²) in [7, 11) is 0. The van der Waals surface area contributed by atoms with E-state index in [9.17, 15) is 13.2 Å². The van der Waals surface area contributed by atoms with Crippen molar-refractivity contribution in [1.29, 1.82) is 0 Å². The Labute approximate surface area is 125 Å². The van der Waals surface area contributed by atoms with Gasteiger partial charge in [0.25, 0.3) is 0 Å². The molecule has 1 rings (SSSR count). The van der Waals surface area contributed by atoms with E-state index in [1.165, 1.54) is 0 Å². The molecule has 0 saturated carbocycles. The summed E-state index contributed by atoms with van der Waals surface area (Å²) in [5.41, 5.74) is 0.321. The summed E-state index contributed by atoms with van der Waals surface area (Å²) in [5, 5.41) is 0. The third kappa shape index (κ3) is 6.66. The molecule has 0 aromatic rings. The van der Waals surface area contributed by atoms with Gasteiger partial charge in [-0.05, 0) is 38.3 Å². The van der Waals surface area contributed by atoms with Crippen LogP contribution in [0.5, 0.6) is 0 Å². The van der Waals surface area contributed by atoms with Crippen molar-refractivity contribution in [2.24, 2.45) is 0 Å². The minimum Gasteiger partial charge on any atom is -0.374 e. The average molecular weight is 305 g/mol. The molecule has 2 nitrogen and oxygen atoms in total. The first kappa shape index (κ1) is 18.2. The fraction of sp³-hybridized carbons (Fsp3) is 0.750. The van der Waals surface area contributed by atoms with Crippen LogP contribution in [0.1, 0.15) is 40.0 Å². The third-order valence-corrected chi connectivity index (χ3v) is 3.96. The molecule has 0 amide bonds. The average Bonchev–Trinajstić information content (AvgIpc) is 2.46. The first-order valence-corrected chi connectivity index (χ1v) is 7.64. The molecule has 0 aliphatic carbocycles. The lowest BCUT2D eigenvalue weighted by Crippen LogP contribution is -2.36. The summed E-state index contributed by atoms with van der Waals surface area (Å²) in [5.74, 6) is 0. The zero-order chi connectivity index (χ0) is 15.9. The molecule has 21 heavy (non-hydrogen) atoms. The van der Waals surface area contributed by atoms with Crippen molar-refractivity contribution in [3.05, 3.63) is 23.3 Å². The van der Waals surface area contributed by atoms with Gasteiger partial charge in [-0.2, -0.15) is 13.2 Å². The van der Waals surface area contributed by atoms with Crippen LogP contribution in [0.3, 0.4) is 0 Å². The van der Waals surface area contributed by atoms with Crippen molar-refractivity contribution < 1.29 is 17.9 Å². The number of ether oxygens (including phenoxy) is 1. The van der Waals surface area contributed by atoms with Gasteiger partial charge < -0.3 is 9.64 Å². The van der Waals surface area contributed by atoms with Crippen LogP contribution in [0.25, 0.3) is 0 Å². The normalized spacial score (nSPS) is 20.1. The van der Waals surface area contributed by atoms with Gasteiger partial charge in [0.15, 0.2) is 0 Å². The standard InChI is InChI=1S/C16H26F3NO/c1-4-14(7-6-13(3)16(17,18)19)12-21-15-8-10-20(5-2)11-9-15/h6-7,15H,4-5,8-12H2,1-3H3. The molecule has 1 aliphatic rings. The van der Waals surface area contributed by atoms with Crippen molar-refractivity contribution in [2.45, 2.75) is 52.3 Å². The number of alkyl halides is 3. The van der Waals surface area contributed by atoms with E-state index in [-0.39, 0.29) is 6.10 Å². The predicted octanol–water partition coefficient (Wildman–Crippen LogP) is 4.33. The highest BCUT2D eigenvalue weighted by molar-refractivity contribution is 5.19. The zero-order valence-electron chi connectivity index (χ0n) is 13.2. The second-order valence-electron chi connectivity index (χ2n) is 5.47. The zero-order valence-corrected chi connectivity index (χ0v) is 13.2. The Morgan fingerprint density at radius 1 is 1.19 bits per heavy atom. The molecule has 1 fully saturated rings. The van der Waals surface area contributed by atoms with E-state index in [1.54, 1.807) is 6.08 Å². The maximum absolute atomic E-state index is 12.4. The van der Waals surface area contributed by atoms with Gasteiger partial charge in [-0.25, -0.2) is 0 Å². The lowest BCUT2D eigenvalue weighted by Gasteiger charge is -2.31. The van der Waals surface area contributed by atoms with Gasteiger partial charge >= 0.3 is 6.18 Å². The fourth-order valence-electron chi connectivity index (χ4n) is 2.22. The minimum absolute atomic E-state index is 0.232. The lowest BCUT2D eigenvalue weighted by atomic mass is 10.1. The second kappa shape index (κ2) is 8.59. The van der Waals surface area contributed by atoms with E-state index in [0.717, 1.165) is 51.0 Å². The highest BCUT2D eigenvalue weighted by Gasteiger charge is 2.29. The summed E-state index contributed by atoms with van der Waals surface area (Å²) in [6.07, 6.45) is 1.38. The Bertz CT molecular complexity index is 366. The van der Waals surface area contributed by atoms with Crippen molar-refractivity contribution >= 4 is 0 Å². The molecule has 0 bridgehead atoms. The fourth-order valence-corrected chi connectivity index (χ4v) is 2.22. The SMILES string of the molecule is CCC(=CC=C(C)C(F)(F)F)COC1CCN(CC)CC1. The Morgan fingerprint density at radius 2 is 1.81 bits per heavy atom. The van der Waals surface area contributed by atoms with Gasteiger partial charge in [0.1, 0.15) is 0 Å². The van der Waals surface area contributed by atoms with Crippen LogP contribution in [0.15, 0.2) is 23.3 Å². The molecule has 122 valence electrons. The number of hydrogen-bond donors (Lipinski definition) is 0. The van der Waals surface area contributed by atoms with E-state index in [0.29, 0.717) is 13.0 Å². The number of hydrogen-bond acceptors (Lipinski definition) is 2. The van der Waals surface area contributed by atoms with Gasteiger partial charge in [-0.1, -0.05) is 26.0 Å². The highest BCUT2D eigenvalue weighted by Crippen LogP contribution is 2.25. The number of rotatable bonds is 6. The monoisotopic (exact) mass is 305 g/mol. The molecule has 0 radical (unpaired) electrons. The predicted molar refractivity (Wildman–Crippen MR) is 79.3 cm³/mol. The first-order valence-electron chi connectivity index (χ1n) is 7.64. The Balaban J connectivity index is 2.45. The molecule has 0 unspecified atom stereocenters. The van der Waals surface area contributed by atoms with Gasteiger partial charge in [-0.15, -0.1) is 0 Å². The number of halogens is 3. The van der Waals surface area contributed by atoms with Crippen LogP contribution in [0.2, 0.25) is 0 Å². The third-order valence-electron chi connectivity index (χ3n) is 3.96. The van der Waals surface area contributed by atoms with Crippen molar-refractivity contribution in [2.75, 3.05) is 26.2 Å². The van der Waals surface area contributed by atoms with E-state index in [2.05, 4.69) is 11.8 Å². The maximum Gasteiger partial charge on any atom is 0.412 e. The van der Waals surface area contributed by atoms with Crippen molar-refractivity contribution in [1.82, 2.24) is 4.90 Å². The molecule has 0 atom stereocenters. The summed E-state index contributed by atoms with van der Waals surface area (Å²) < 4.78 is 43.1. The molecule has 0 spiro atoms. The van der Waals surface area contributed by atoms with Crippen LogP contribution < -0.4 is 0 Å². The van der Waals surface area contributed by atoms with E-state index in [4.69, 9.17) is 4.74 Å². The number of piperidine rings is 1. The molecule has 5 heteroatoms. The van der Waals surface area contributed by atoms with Gasteiger partial charge in [0, 0.05) is 18.7 Å². The number of allylic oxidation sites excluding steroid dienone is 3. The Hall–Kier alpha value is -0.810. The molecule has 0 aromatic carbocycles. The van der Waals surface area contributed by atoms with Crippen LogP contribution >= 0.6 is 0 Å². The Kier molecular flexibility index (Phi) is 7.46. The maximum atomic E-state index is 12.4. The van der Waals surface area contributed by atoms with Crippen LogP contribution in [-0.4, -0.2) is 43.4 Å². The lowest BCUT2D eigenvalue weighted by molar-refractivity contribution is -0.0913. The topological polar surface area (TPSA) is 12.5 Å². The van der Waals surface area contributed by atoms with Crippen molar-refractivity contribution in [3.8, 4) is 0 Å². The number of likely N-dealkylation sites (tertiary alicyclic amines) is 1. The van der Waals surface area contributed by atoms with Crippen LogP contribution in [0.4, 0.5) is 13.2 Å². The van der Waals surface area contributed by atoms with E-state index >= 15 is 0 Å². The molecule has 1 heterocycles. The summed E-state index contributed by atoms with van der Waals surface area (Å²) in [4.78, 5) is 2.38. The van der Waals surface area contributed by atoms with Gasteiger partial charge in [0.05, 0.1) is 12.7 Å². The summed E-state index contributed by atoms with van der Waals surface area (Å²) >= 11 is 0. The molecule has 0 N–H and O–H groups in total. The molecular formula is C16H26F3NO. The van der Waals surface area contributed by atoms with Gasteiger partial charge in [0.2, 0.25) is 0 Å². The second-order valence-corrected chi connectivity index (χ2v) is 5.47. The summed E-state index contributed by atoms with van der Waals surface area (Å²) in [6, 6.07) is 0. The van der Waals surface area contributed by atoms with E-state index in [1.807, 2.05) is 6.92 Å². The van der Waals surface area contributed by atoms with Crippen molar-refractivity contribution in [3.63, 3.8) is 0 Å². The molecule has 1 aliphatic heterocycles. The van der Waals surface area contributed by atoms with Crippen LogP contribution in [-0.2, 0) is 4.74 Å². The minimum atomic E-state index is -4.25. The van der Waals surface area contributed by atoms with Gasteiger partial charge in [-0.3, -0.25) is 0 Å².